The summed E-state index contributed by atoms with van der Waals surface area (Å²) in [6, 6.07) is 17.1. The number of carbonyl (C=O) groups excluding carboxylic acids is 1. The zero-order valence-corrected chi connectivity index (χ0v) is 18.9. The van der Waals surface area contributed by atoms with Crippen LogP contribution in [0.2, 0.25) is 0 Å². The molecule has 0 fully saturated rings. The Bertz CT molecular complexity index is 1160. The van der Waals surface area contributed by atoms with Gasteiger partial charge < -0.3 is 4.74 Å². The van der Waals surface area contributed by atoms with Gasteiger partial charge in [-0.25, -0.2) is 13.1 Å². The highest BCUT2D eigenvalue weighted by Gasteiger charge is 2.26. The van der Waals surface area contributed by atoms with Crippen LogP contribution in [0, 0.1) is 0 Å². The fourth-order valence-corrected chi connectivity index (χ4v) is 4.09. The number of sulfonamides is 1. The third kappa shape index (κ3) is 5.32. The summed E-state index contributed by atoms with van der Waals surface area (Å²) in [7, 11) is -2.38. The van der Waals surface area contributed by atoms with Gasteiger partial charge in [0.15, 0.2) is 0 Å². The highest BCUT2D eigenvalue weighted by atomic mass is 32.2. The Morgan fingerprint density at radius 1 is 1.06 bits per heavy atom. The molecule has 0 spiro atoms. The summed E-state index contributed by atoms with van der Waals surface area (Å²) in [5, 5.41) is 4.60. The van der Waals surface area contributed by atoms with E-state index in [2.05, 4.69) is 9.82 Å². The molecule has 1 N–H and O–H groups in total. The van der Waals surface area contributed by atoms with Gasteiger partial charge >= 0.3 is 0 Å². The molecule has 0 unspecified atom stereocenters. The normalized spacial score (nSPS) is 11.9. The molecule has 0 saturated heterocycles. The highest BCUT2D eigenvalue weighted by molar-refractivity contribution is 7.90. The van der Waals surface area contributed by atoms with Crippen molar-refractivity contribution < 1.29 is 17.9 Å². The molecule has 1 amide bonds. The number of ether oxygens (including phenoxy) is 1. The first kappa shape index (κ1) is 22.6. The fraction of sp³-hybridized carbons (Fsp3) is 0.304. The quantitative estimate of drug-likeness (QED) is 0.606. The predicted octanol–water partition coefficient (Wildman–Crippen LogP) is 3.55. The monoisotopic (exact) mass is 441 g/mol. The zero-order chi connectivity index (χ0) is 22.6. The molecule has 3 aromatic rings. The number of methoxy groups -OCH3 is 1. The van der Waals surface area contributed by atoms with Crippen LogP contribution >= 0.6 is 0 Å². The second-order valence-corrected chi connectivity index (χ2v) is 9.88. The number of para-hydroxylation sites is 1. The summed E-state index contributed by atoms with van der Waals surface area (Å²) in [4.78, 5) is 13.0. The lowest BCUT2D eigenvalue weighted by Crippen LogP contribution is -2.32. The molecule has 1 aromatic heterocycles. The number of carbonyl (C=O) groups is 1. The van der Waals surface area contributed by atoms with Crippen LogP contribution in [0.4, 0.5) is 0 Å². The summed E-state index contributed by atoms with van der Waals surface area (Å²) < 4.78 is 34.3. The molecular weight excluding hydrogens is 414 g/mol. The molecule has 0 aliphatic carbocycles. The molecule has 31 heavy (non-hydrogen) atoms. The molecule has 3 rings (SSSR count). The number of nitrogens with zero attached hydrogens (tertiary/aromatic N) is 2. The van der Waals surface area contributed by atoms with E-state index >= 15 is 0 Å². The van der Waals surface area contributed by atoms with Crippen molar-refractivity contribution in [2.24, 2.45) is 0 Å². The van der Waals surface area contributed by atoms with Gasteiger partial charge in [-0.05, 0) is 36.2 Å². The first-order valence-corrected chi connectivity index (χ1v) is 11.4. The fourth-order valence-electron chi connectivity index (χ4n) is 3.11. The van der Waals surface area contributed by atoms with E-state index in [-0.39, 0.29) is 16.0 Å². The first-order valence-electron chi connectivity index (χ1n) is 9.94. The molecule has 0 radical (unpaired) electrons. The van der Waals surface area contributed by atoms with E-state index < -0.39 is 15.9 Å². The second kappa shape index (κ2) is 8.93. The van der Waals surface area contributed by atoms with Crippen LogP contribution in [0.5, 0.6) is 5.75 Å². The van der Waals surface area contributed by atoms with E-state index in [0.29, 0.717) is 18.7 Å². The number of rotatable bonds is 7. The zero-order valence-electron chi connectivity index (χ0n) is 18.1. The number of aromatic nitrogens is 2. The Labute approximate surface area is 183 Å². The van der Waals surface area contributed by atoms with Crippen LogP contribution in [0.1, 0.15) is 42.5 Å². The van der Waals surface area contributed by atoms with Gasteiger partial charge in [0, 0.05) is 12.0 Å². The molecule has 7 nitrogen and oxygen atoms in total. The van der Waals surface area contributed by atoms with Crippen molar-refractivity contribution in [3.8, 4) is 5.75 Å². The number of amides is 1. The van der Waals surface area contributed by atoms with Crippen molar-refractivity contribution >= 4 is 15.9 Å². The molecule has 164 valence electrons. The van der Waals surface area contributed by atoms with Crippen LogP contribution in [-0.4, -0.2) is 31.2 Å². The number of hydrogen-bond donors (Lipinski definition) is 1. The van der Waals surface area contributed by atoms with Gasteiger partial charge in [0.25, 0.3) is 15.9 Å². The maximum atomic E-state index is 13.0. The van der Waals surface area contributed by atoms with E-state index in [9.17, 15) is 13.2 Å². The Hall–Kier alpha value is -3.13. The van der Waals surface area contributed by atoms with E-state index in [1.165, 1.54) is 12.1 Å². The van der Waals surface area contributed by atoms with Crippen LogP contribution in [0.25, 0.3) is 0 Å². The van der Waals surface area contributed by atoms with Crippen LogP contribution < -0.4 is 9.46 Å². The Morgan fingerprint density at radius 3 is 2.35 bits per heavy atom. The maximum Gasteiger partial charge on any atom is 0.283 e. The average molecular weight is 442 g/mol. The molecule has 0 bridgehead atoms. The minimum absolute atomic E-state index is 0.0273. The smallest absolute Gasteiger partial charge is 0.283 e. The molecule has 0 aliphatic heterocycles. The highest BCUT2D eigenvalue weighted by Crippen LogP contribution is 2.23. The van der Waals surface area contributed by atoms with Crippen molar-refractivity contribution in [3.63, 3.8) is 0 Å². The lowest BCUT2D eigenvalue weighted by Gasteiger charge is -2.14. The average Bonchev–Trinajstić information content (AvgIpc) is 3.18. The summed E-state index contributed by atoms with van der Waals surface area (Å²) >= 11 is 0. The number of hydrogen-bond acceptors (Lipinski definition) is 5. The van der Waals surface area contributed by atoms with E-state index in [4.69, 9.17) is 4.74 Å². The minimum atomic E-state index is -3.99. The lowest BCUT2D eigenvalue weighted by atomic mass is 9.92. The molecule has 8 heteroatoms. The molecule has 1 heterocycles. The van der Waals surface area contributed by atoms with Crippen LogP contribution in [0.15, 0.2) is 65.6 Å². The van der Waals surface area contributed by atoms with Crippen LogP contribution in [-0.2, 0) is 28.4 Å². The summed E-state index contributed by atoms with van der Waals surface area (Å²) in [6.45, 7) is 6.36. The van der Waals surface area contributed by atoms with Crippen molar-refractivity contribution in [1.29, 1.82) is 0 Å². The third-order valence-corrected chi connectivity index (χ3v) is 6.19. The largest absolute Gasteiger partial charge is 0.496 e. The minimum Gasteiger partial charge on any atom is -0.496 e. The van der Waals surface area contributed by atoms with Crippen molar-refractivity contribution in [2.75, 3.05) is 7.11 Å². The van der Waals surface area contributed by atoms with E-state index in [1.54, 1.807) is 36.1 Å². The Morgan fingerprint density at radius 2 is 1.71 bits per heavy atom. The van der Waals surface area contributed by atoms with Crippen molar-refractivity contribution in [3.05, 3.63) is 77.6 Å². The maximum absolute atomic E-state index is 13.0. The van der Waals surface area contributed by atoms with Gasteiger partial charge in [-0.1, -0.05) is 57.2 Å². The van der Waals surface area contributed by atoms with Crippen molar-refractivity contribution in [1.82, 2.24) is 14.5 Å². The summed E-state index contributed by atoms with van der Waals surface area (Å²) in [5.41, 5.74) is 1.57. The van der Waals surface area contributed by atoms with Crippen molar-refractivity contribution in [2.45, 2.75) is 44.0 Å². The first-order chi connectivity index (χ1) is 14.6. The van der Waals surface area contributed by atoms with Gasteiger partial charge in [-0.2, -0.15) is 5.10 Å². The molecular formula is C23H27N3O4S. The Balaban J connectivity index is 1.90. The summed E-state index contributed by atoms with van der Waals surface area (Å²) in [5.74, 6) is 0.0373. The topological polar surface area (TPSA) is 90.3 Å². The van der Waals surface area contributed by atoms with Gasteiger partial charge in [0.2, 0.25) is 0 Å². The number of nitrogens with one attached hydrogen (secondary N) is 1. The third-order valence-electron chi connectivity index (χ3n) is 4.85. The molecule has 0 atom stereocenters. The number of aryl methyl sites for hydroxylation is 2. The van der Waals surface area contributed by atoms with Gasteiger partial charge in [0.05, 0.1) is 17.7 Å². The molecule has 0 saturated carbocycles. The predicted molar refractivity (Wildman–Crippen MR) is 119 cm³/mol. The number of benzene rings is 2. The molecule has 2 aromatic carbocycles. The standard InChI is InChI=1S/C23H27N3O4S/c1-23(2,3)21-16-19(22(27)25-31(28,29)18-11-6-5-7-12-18)26(24-21)15-14-17-10-8-9-13-20(17)30-4/h5-13,16H,14-15H2,1-4H3,(H,25,27). The lowest BCUT2D eigenvalue weighted by molar-refractivity contribution is 0.0970. The van der Waals surface area contributed by atoms with E-state index in [0.717, 1.165) is 11.3 Å². The van der Waals surface area contributed by atoms with E-state index in [1.807, 2.05) is 45.0 Å². The van der Waals surface area contributed by atoms with Gasteiger partial charge in [-0.3, -0.25) is 9.48 Å². The van der Waals surface area contributed by atoms with Gasteiger partial charge in [0.1, 0.15) is 11.4 Å². The van der Waals surface area contributed by atoms with Gasteiger partial charge in [-0.15, -0.1) is 0 Å². The second-order valence-electron chi connectivity index (χ2n) is 8.20. The van der Waals surface area contributed by atoms with Crippen LogP contribution in [0.3, 0.4) is 0 Å². The Kier molecular flexibility index (Phi) is 6.50. The molecule has 0 aliphatic rings. The SMILES string of the molecule is COc1ccccc1CCn1nc(C(C)(C)C)cc1C(=O)NS(=O)(=O)c1ccccc1. The summed E-state index contributed by atoms with van der Waals surface area (Å²) in [6.07, 6.45) is 0.570.